The molecule has 0 aromatic carbocycles. The Bertz CT molecular complexity index is 741. The van der Waals surface area contributed by atoms with Crippen molar-refractivity contribution in [1.82, 2.24) is 24.8 Å². The molecule has 0 saturated carbocycles. The van der Waals surface area contributed by atoms with E-state index in [1.165, 1.54) is 4.88 Å². The van der Waals surface area contributed by atoms with Gasteiger partial charge in [0.2, 0.25) is 11.9 Å². The number of hydrogen-bond acceptors (Lipinski definition) is 7. The summed E-state index contributed by atoms with van der Waals surface area (Å²) in [6, 6.07) is 1.81. The van der Waals surface area contributed by atoms with Crippen LogP contribution in [0.3, 0.4) is 0 Å². The van der Waals surface area contributed by atoms with E-state index in [0.717, 1.165) is 42.8 Å². The summed E-state index contributed by atoms with van der Waals surface area (Å²) in [6.45, 7) is 9.89. The van der Waals surface area contributed by atoms with Gasteiger partial charge in [-0.3, -0.25) is 9.69 Å². The fourth-order valence-corrected chi connectivity index (χ4v) is 4.10. The molecule has 3 rings (SSSR count). The molecule has 140 valence electrons. The van der Waals surface area contributed by atoms with Crippen LogP contribution in [0.15, 0.2) is 18.5 Å². The largest absolute Gasteiger partial charge is 0.338 e. The van der Waals surface area contributed by atoms with Crippen LogP contribution in [0, 0.1) is 13.8 Å². The SMILES string of the molecule is Cc1nc([C@@H](C)N(C)C(=O)CN2CCN(c3ncccn3)CC2)c(C)s1. The van der Waals surface area contributed by atoms with E-state index in [1.807, 2.05) is 31.9 Å². The maximum Gasteiger partial charge on any atom is 0.237 e. The normalized spacial score (nSPS) is 16.5. The molecule has 1 aliphatic heterocycles. The second-order valence-electron chi connectivity index (χ2n) is 6.67. The zero-order chi connectivity index (χ0) is 18.7. The molecule has 1 atom stereocenters. The number of hydrogen-bond donors (Lipinski definition) is 0. The number of piperazine rings is 1. The van der Waals surface area contributed by atoms with Gasteiger partial charge in [-0.2, -0.15) is 0 Å². The van der Waals surface area contributed by atoms with Crippen LogP contribution in [0.25, 0.3) is 0 Å². The molecule has 1 aliphatic rings. The van der Waals surface area contributed by atoms with Crippen LogP contribution in [-0.2, 0) is 4.79 Å². The van der Waals surface area contributed by atoms with Crippen molar-refractivity contribution < 1.29 is 4.79 Å². The van der Waals surface area contributed by atoms with Gasteiger partial charge in [0, 0.05) is 50.5 Å². The molecule has 0 spiro atoms. The van der Waals surface area contributed by atoms with E-state index in [0.29, 0.717) is 6.54 Å². The highest BCUT2D eigenvalue weighted by Gasteiger charge is 2.25. The predicted octanol–water partition coefficient (Wildman–Crippen LogP) is 1.89. The zero-order valence-electron chi connectivity index (χ0n) is 15.8. The second-order valence-corrected chi connectivity index (χ2v) is 8.07. The number of anilines is 1. The van der Waals surface area contributed by atoms with E-state index in [9.17, 15) is 4.79 Å². The van der Waals surface area contributed by atoms with Gasteiger partial charge in [0.1, 0.15) is 0 Å². The number of carbonyl (C=O) groups excluding carboxylic acids is 1. The van der Waals surface area contributed by atoms with Crippen molar-refractivity contribution in [2.75, 3.05) is 44.7 Å². The minimum atomic E-state index is -0.00791. The van der Waals surface area contributed by atoms with Crippen molar-refractivity contribution in [3.05, 3.63) is 34.0 Å². The summed E-state index contributed by atoms with van der Waals surface area (Å²) in [5.41, 5.74) is 1.01. The van der Waals surface area contributed by atoms with Crippen molar-refractivity contribution in [1.29, 1.82) is 0 Å². The molecule has 2 aromatic rings. The molecule has 1 amide bonds. The van der Waals surface area contributed by atoms with Crippen molar-refractivity contribution in [3.8, 4) is 0 Å². The molecular weight excluding hydrogens is 348 g/mol. The number of carbonyl (C=O) groups is 1. The lowest BCUT2D eigenvalue weighted by molar-refractivity contribution is -0.133. The van der Waals surface area contributed by atoms with Crippen LogP contribution in [0.2, 0.25) is 0 Å². The van der Waals surface area contributed by atoms with E-state index < -0.39 is 0 Å². The summed E-state index contributed by atoms with van der Waals surface area (Å²) in [7, 11) is 1.87. The van der Waals surface area contributed by atoms with Gasteiger partial charge in [-0.25, -0.2) is 15.0 Å². The molecule has 26 heavy (non-hydrogen) atoms. The third kappa shape index (κ3) is 4.19. The molecule has 3 heterocycles. The molecule has 1 saturated heterocycles. The summed E-state index contributed by atoms with van der Waals surface area (Å²) in [4.78, 5) is 33.3. The maximum atomic E-state index is 12.7. The molecular formula is C18H26N6OS. The number of rotatable bonds is 5. The fraction of sp³-hybridized carbons (Fsp3) is 0.556. The topological polar surface area (TPSA) is 65.5 Å². The van der Waals surface area contributed by atoms with Crippen LogP contribution in [0.1, 0.15) is 28.5 Å². The van der Waals surface area contributed by atoms with Gasteiger partial charge in [-0.05, 0) is 26.8 Å². The number of amides is 1. The summed E-state index contributed by atoms with van der Waals surface area (Å²) in [5, 5.41) is 1.05. The minimum Gasteiger partial charge on any atom is -0.338 e. The summed E-state index contributed by atoms with van der Waals surface area (Å²) >= 11 is 1.68. The van der Waals surface area contributed by atoms with E-state index in [4.69, 9.17) is 0 Å². The van der Waals surface area contributed by atoms with Gasteiger partial charge in [0.15, 0.2) is 0 Å². The van der Waals surface area contributed by atoms with E-state index in [1.54, 1.807) is 23.7 Å². The molecule has 7 nitrogen and oxygen atoms in total. The van der Waals surface area contributed by atoms with Crippen LogP contribution in [0.5, 0.6) is 0 Å². The highest BCUT2D eigenvalue weighted by atomic mass is 32.1. The van der Waals surface area contributed by atoms with E-state index >= 15 is 0 Å². The molecule has 0 bridgehead atoms. The van der Waals surface area contributed by atoms with Crippen LogP contribution < -0.4 is 4.90 Å². The zero-order valence-corrected chi connectivity index (χ0v) is 16.7. The Balaban J connectivity index is 1.53. The molecule has 0 radical (unpaired) electrons. The molecule has 2 aromatic heterocycles. The molecule has 0 aliphatic carbocycles. The average Bonchev–Trinajstić information content (AvgIpc) is 3.00. The number of likely N-dealkylation sites (N-methyl/N-ethyl adjacent to an activating group) is 1. The van der Waals surface area contributed by atoms with Gasteiger partial charge < -0.3 is 9.80 Å². The van der Waals surface area contributed by atoms with Crippen LogP contribution in [-0.4, -0.2) is 70.4 Å². The Hall–Kier alpha value is -2.06. The summed E-state index contributed by atoms with van der Waals surface area (Å²) in [6.07, 6.45) is 3.52. The van der Waals surface area contributed by atoms with Gasteiger partial charge in [0.05, 0.1) is 23.3 Å². The standard InChI is InChI=1S/C18H26N6OS/c1-13(17-14(2)26-15(3)21-17)22(4)16(25)12-23-8-10-24(11-9-23)18-19-6-5-7-20-18/h5-7,13H,8-12H2,1-4H3/t13-/m1/s1. The maximum absolute atomic E-state index is 12.7. The van der Waals surface area contributed by atoms with Gasteiger partial charge in [-0.15, -0.1) is 11.3 Å². The molecule has 0 unspecified atom stereocenters. The third-order valence-electron chi connectivity index (χ3n) is 4.88. The molecule has 1 fully saturated rings. The first kappa shape index (κ1) is 18.7. The Morgan fingerprint density at radius 1 is 1.23 bits per heavy atom. The predicted molar refractivity (Wildman–Crippen MR) is 103 cm³/mol. The Kier molecular flexibility index (Phi) is 5.83. The summed E-state index contributed by atoms with van der Waals surface area (Å²) < 4.78 is 0. The van der Waals surface area contributed by atoms with E-state index in [-0.39, 0.29) is 11.9 Å². The van der Waals surface area contributed by atoms with Crippen molar-refractivity contribution in [2.24, 2.45) is 0 Å². The number of thiazole rings is 1. The van der Waals surface area contributed by atoms with E-state index in [2.05, 4.69) is 31.7 Å². The smallest absolute Gasteiger partial charge is 0.237 e. The van der Waals surface area contributed by atoms with Gasteiger partial charge in [-0.1, -0.05) is 0 Å². The lowest BCUT2D eigenvalue weighted by Gasteiger charge is -2.35. The molecule has 8 heteroatoms. The minimum absolute atomic E-state index is 0.00791. The van der Waals surface area contributed by atoms with Crippen LogP contribution in [0.4, 0.5) is 5.95 Å². The second kappa shape index (κ2) is 8.09. The number of nitrogens with zero attached hydrogens (tertiary/aromatic N) is 6. The lowest BCUT2D eigenvalue weighted by atomic mass is 10.2. The Morgan fingerprint density at radius 3 is 2.46 bits per heavy atom. The fourth-order valence-electron chi connectivity index (χ4n) is 3.20. The Morgan fingerprint density at radius 2 is 1.88 bits per heavy atom. The quantitative estimate of drug-likeness (QED) is 0.796. The van der Waals surface area contributed by atoms with Crippen LogP contribution >= 0.6 is 11.3 Å². The third-order valence-corrected chi connectivity index (χ3v) is 5.78. The molecule has 0 N–H and O–H groups in total. The van der Waals surface area contributed by atoms with Gasteiger partial charge in [0.25, 0.3) is 0 Å². The number of aromatic nitrogens is 3. The van der Waals surface area contributed by atoms with Crippen molar-refractivity contribution in [2.45, 2.75) is 26.8 Å². The highest BCUT2D eigenvalue weighted by molar-refractivity contribution is 7.11. The first-order chi connectivity index (χ1) is 12.5. The Labute approximate surface area is 158 Å². The van der Waals surface area contributed by atoms with Gasteiger partial charge >= 0.3 is 0 Å². The van der Waals surface area contributed by atoms with Crippen molar-refractivity contribution in [3.63, 3.8) is 0 Å². The summed E-state index contributed by atoms with van der Waals surface area (Å²) in [5.74, 6) is 0.894. The highest BCUT2D eigenvalue weighted by Crippen LogP contribution is 2.26. The first-order valence-corrected chi connectivity index (χ1v) is 9.71. The monoisotopic (exact) mass is 374 g/mol. The average molecular weight is 375 g/mol. The lowest BCUT2D eigenvalue weighted by Crippen LogP contribution is -2.50. The number of aryl methyl sites for hydroxylation is 2. The first-order valence-electron chi connectivity index (χ1n) is 8.89. The van der Waals surface area contributed by atoms with Crippen molar-refractivity contribution >= 4 is 23.2 Å².